The number of aliphatic carboxylic acids is 1. The van der Waals surface area contributed by atoms with Crippen LogP contribution in [-0.4, -0.2) is 29.1 Å². The first-order chi connectivity index (χ1) is 8.49. The predicted octanol–water partition coefficient (Wildman–Crippen LogP) is 2.54. The molecule has 1 aliphatic heterocycles. The third kappa shape index (κ3) is 2.53. The zero-order chi connectivity index (χ0) is 13.3. The Hall–Kier alpha value is -1.42. The molecule has 1 aliphatic rings. The molecule has 0 saturated carbocycles. The molecule has 1 aromatic rings. The van der Waals surface area contributed by atoms with E-state index in [1.807, 2.05) is 19.9 Å². The standard InChI is InChI=1S/C14H18FNO2/c1-9-7-16(8-13(9)14(17)18)10(2)11-4-3-5-12(15)6-11/h3-6,9-10,13H,7-8H2,1-2H3,(H,17,18)/t9-,10?,13-/m1/s1. The van der Waals surface area contributed by atoms with Crippen LogP contribution in [0.2, 0.25) is 0 Å². The third-order valence-electron chi connectivity index (χ3n) is 3.84. The highest BCUT2D eigenvalue weighted by molar-refractivity contribution is 5.71. The summed E-state index contributed by atoms with van der Waals surface area (Å²) < 4.78 is 13.2. The van der Waals surface area contributed by atoms with E-state index in [1.54, 1.807) is 6.07 Å². The molecule has 0 radical (unpaired) electrons. The lowest BCUT2D eigenvalue weighted by Gasteiger charge is -2.24. The zero-order valence-electron chi connectivity index (χ0n) is 10.6. The molecule has 18 heavy (non-hydrogen) atoms. The Morgan fingerprint density at radius 1 is 1.50 bits per heavy atom. The van der Waals surface area contributed by atoms with E-state index in [1.165, 1.54) is 12.1 Å². The predicted molar refractivity (Wildman–Crippen MR) is 66.7 cm³/mol. The van der Waals surface area contributed by atoms with Gasteiger partial charge >= 0.3 is 5.97 Å². The second-order valence-electron chi connectivity index (χ2n) is 5.11. The number of carboxylic acids is 1. The summed E-state index contributed by atoms with van der Waals surface area (Å²) in [6.45, 7) is 5.23. The SMILES string of the molecule is CC(c1cccc(F)c1)N1C[C@@H](C)[C@H](C(=O)O)C1. The highest BCUT2D eigenvalue weighted by Crippen LogP contribution is 2.31. The first-order valence-corrected chi connectivity index (χ1v) is 6.21. The molecule has 0 amide bonds. The summed E-state index contributed by atoms with van der Waals surface area (Å²) in [6.07, 6.45) is 0. The zero-order valence-corrected chi connectivity index (χ0v) is 10.6. The maximum atomic E-state index is 13.2. The van der Waals surface area contributed by atoms with Crippen LogP contribution in [0.25, 0.3) is 0 Å². The van der Waals surface area contributed by atoms with Crippen molar-refractivity contribution in [2.75, 3.05) is 13.1 Å². The molecular weight excluding hydrogens is 233 g/mol. The first-order valence-electron chi connectivity index (χ1n) is 6.21. The molecule has 1 aromatic carbocycles. The van der Waals surface area contributed by atoms with Crippen LogP contribution in [0.1, 0.15) is 25.5 Å². The van der Waals surface area contributed by atoms with E-state index in [4.69, 9.17) is 5.11 Å². The van der Waals surface area contributed by atoms with Gasteiger partial charge in [-0.3, -0.25) is 9.69 Å². The van der Waals surface area contributed by atoms with E-state index >= 15 is 0 Å². The Labute approximate surface area is 106 Å². The summed E-state index contributed by atoms with van der Waals surface area (Å²) >= 11 is 0. The number of rotatable bonds is 3. The first kappa shape index (κ1) is 13.0. The number of likely N-dealkylation sites (tertiary alicyclic amines) is 1. The monoisotopic (exact) mass is 251 g/mol. The van der Waals surface area contributed by atoms with Gasteiger partial charge in [0.25, 0.3) is 0 Å². The summed E-state index contributed by atoms with van der Waals surface area (Å²) in [6, 6.07) is 6.56. The number of nitrogens with zero attached hydrogens (tertiary/aromatic N) is 1. The van der Waals surface area contributed by atoms with Gasteiger partial charge in [0.2, 0.25) is 0 Å². The van der Waals surface area contributed by atoms with Gasteiger partial charge in [-0.05, 0) is 30.5 Å². The van der Waals surface area contributed by atoms with Crippen molar-refractivity contribution in [2.24, 2.45) is 11.8 Å². The maximum Gasteiger partial charge on any atom is 0.308 e. The molecule has 0 spiro atoms. The Morgan fingerprint density at radius 2 is 2.22 bits per heavy atom. The van der Waals surface area contributed by atoms with Gasteiger partial charge in [-0.25, -0.2) is 4.39 Å². The third-order valence-corrected chi connectivity index (χ3v) is 3.84. The summed E-state index contributed by atoms with van der Waals surface area (Å²) in [5.74, 6) is -1.17. The van der Waals surface area contributed by atoms with Crippen LogP contribution < -0.4 is 0 Å². The van der Waals surface area contributed by atoms with Crippen LogP contribution in [0, 0.1) is 17.7 Å². The number of benzene rings is 1. The van der Waals surface area contributed by atoms with Gasteiger partial charge in [-0.1, -0.05) is 19.1 Å². The smallest absolute Gasteiger partial charge is 0.308 e. The van der Waals surface area contributed by atoms with Crippen molar-refractivity contribution in [1.82, 2.24) is 4.90 Å². The van der Waals surface area contributed by atoms with Crippen LogP contribution in [-0.2, 0) is 4.79 Å². The van der Waals surface area contributed by atoms with E-state index in [-0.39, 0.29) is 23.7 Å². The van der Waals surface area contributed by atoms with Crippen molar-refractivity contribution in [1.29, 1.82) is 0 Å². The lowest BCUT2D eigenvalue weighted by molar-refractivity contribution is -0.142. The minimum Gasteiger partial charge on any atom is -0.481 e. The van der Waals surface area contributed by atoms with Gasteiger partial charge in [0.1, 0.15) is 5.82 Å². The molecule has 0 aromatic heterocycles. The van der Waals surface area contributed by atoms with Crippen molar-refractivity contribution in [3.8, 4) is 0 Å². The molecule has 2 rings (SSSR count). The Kier molecular flexibility index (Phi) is 3.66. The minimum atomic E-state index is -0.739. The van der Waals surface area contributed by atoms with Crippen LogP contribution in [0.3, 0.4) is 0 Å². The number of hydrogen-bond acceptors (Lipinski definition) is 2. The van der Waals surface area contributed by atoms with Crippen molar-refractivity contribution in [3.05, 3.63) is 35.6 Å². The molecule has 1 N–H and O–H groups in total. The van der Waals surface area contributed by atoms with E-state index < -0.39 is 5.97 Å². The van der Waals surface area contributed by atoms with Gasteiger partial charge in [0.05, 0.1) is 5.92 Å². The lowest BCUT2D eigenvalue weighted by atomic mass is 9.99. The second kappa shape index (κ2) is 5.06. The van der Waals surface area contributed by atoms with Gasteiger partial charge in [-0.15, -0.1) is 0 Å². The van der Waals surface area contributed by atoms with Gasteiger partial charge in [0.15, 0.2) is 0 Å². The average molecular weight is 251 g/mol. The molecule has 0 bridgehead atoms. The fourth-order valence-electron chi connectivity index (χ4n) is 2.62. The van der Waals surface area contributed by atoms with Crippen molar-refractivity contribution in [2.45, 2.75) is 19.9 Å². The number of hydrogen-bond donors (Lipinski definition) is 1. The topological polar surface area (TPSA) is 40.5 Å². The normalized spacial score (nSPS) is 26.2. The van der Waals surface area contributed by atoms with Crippen molar-refractivity contribution >= 4 is 5.97 Å². The van der Waals surface area contributed by atoms with E-state index in [0.29, 0.717) is 6.54 Å². The largest absolute Gasteiger partial charge is 0.481 e. The molecule has 3 nitrogen and oxygen atoms in total. The second-order valence-corrected chi connectivity index (χ2v) is 5.11. The molecule has 3 atom stereocenters. The number of carbonyl (C=O) groups is 1. The quantitative estimate of drug-likeness (QED) is 0.897. The van der Waals surface area contributed by atoms with E-state index in [9.17, 15) is 9.18 Å². The Balaban J connectivity index is 2.11. The van der Waals surface area contributed by atoms with Crippen molar-refractivity contribution in [3.63, 3.8) is 0 Å². The van der Waals surface area contributed by atoms with Crippen LogP contribution >= 0.6 is 0 Å². The highest BCUT2D eigenvalue weighted by atomic mass is 19.1. The maximum absolute atomic E-state index is 13.2. The van der Waals surface area contributed by atoms with E-state index in [2.05, 4.69) is 4.90 Å². The van der Waals surface area contributed by atoms with Gasteiger partial charge < -0.3 is 5.11 Å². The van der Waals surface area contributed by atoms with Crippen molar-refractivity contribution < 1.29 is 14.3 Å². The summed E-state index contributed by atoms with van der Waals surface area (Å²) in [4.78, 5) is 13.2. The molecule has 1 unspecified atom stereocenters. The molecular formula is C14H18FNO2. The molecule has 1 fully saturated rings. The van der Waals surface area contributed by atoms with Crippen LogP contribution in [0.15, 0.2) is 24.3 Å². The molecule has 0 aliphatic carbocycles. The van der Waals surface area contributed by atoms with Crippen LogP contribution in [0.4, 0.5) is 4.39 Å². The average Bonchev–Trinajstić information content (AvgIpc) is 2.70. The summed E-state index contributed by atoms with van der Waals surface area (Å²) in [5.41, 5.74) is 0.897. The lowest BCUT2D eigenvalue weighted by Crippen LogP contribution is -2.26. The molecule has 1 saturated heterocycles. The summed E-state index contributed by atoms with van der Waals surface area (Å²) in [7, 11) is 0. The van der Waals surface area contributed by atoms with Crippen LogP contribution in [0.5, 0.6) is 0 Å². The fourth-order valence-corrected chi connectivity index (χ4v) is 2.62. The number of halogens is 1. The van der Waals surface area contributed by atoms with Gasteiger partial charge in [0, 0.05) is 19.1 Å². The Morgan fingerprint density at radius 3 is 2.78 bits per heavy atom. The molecule has 4 heteroatoms. The Bertz CT molecular complexity index is 449. The molecule has 98 valence electrons. The number of carboxylic acid groups (broad SMARTS) is 1. The summed E-state index contributed by atoms with van der Waals surface area (Å²) in [5, 5.41) is 9.11. The van der Waals surface area contributed by atoms with Gasteiger partial charge in [-0.2, -0.15) is 0 Å². The van der Waals surface area contributed by atoms with E-state index in [0.717, 1.165) is 12.1 Å². The molecule has 1 heterocycles. The minimum absolute atomic E-state index is 0.0486. The highest BCUT2D eigenvalue weighted by Gasteiger charge is 2.36. The fraction of sp³-hybridized carbons (Fsp3) is 0.500.